The van der Waals surface area contributed by atoms with Crippen molar-refractivity contribution in [2.75, 3.05) is 13.7 Å². The minimum Gasteiger partial charge on any atom is -0.497 e. The maximum atomic E-state index is 10.1. The second-order valence-corrected chi connectivity index (χ2v) is 4.26. The van der Waals surface area contributed by atoms with Crippen molar-refractivity contribution in [2.24, 2.45) is 7.05 Å². The summed E-state index contributed by atoms with van der Waals surface area (Å²) in [4.78, 5) is 4.10. The Kier molecular flexibility index (Phi) is 4.48. The van der Waals surface area contributed by atoms with E-state index in [4.69, 9.17) is 4.74 Å². The standard InChI is InChI=1S/C13H18N4O2/c1-17-9-15-13(16-17)8-14-7-12(18)10-4-3-5-11(6-10)19-2/h3-6,9,12,14,18H,7-8H2,1-2H3. The summed E-state index contributed by atoms with van der Waals surface area (Å²) in [5.41, 5.74) is 0.820. The molecule has 0 radical (unpaired) electrons. The molecule has 0 amide bonds. The Bertz CT molecular complexity index is 527. The van der Waals surface area contributed by atoms with Crippen molar-refractivity contribution in [2.45, 2.75) is 12.6 Å². The number of methoxy groups -OCH3 is 1. The van der Waals surface area contributed by atoms with E-state index in [-0.39, 0.29) is 0 Å². The highest BCUT2D eigenvalue weighted by Gasteiger charge is 2.08. The number of rotatable bonds is 6. The summed E-state index contributed by atoms with van der Waals surface area (Å²) in [6, 6.07) is 7.40. The third-order valence-corrected chi connectivity index (χ3v) is 2.75. The Morgan fingerprint density at radius 2 is 2.32 bits per heavy atom. The summed E-state index contributed by atoms with van der Waals surface area (Å²) in [5.74, 6) is 1.45. The molecule has 6 heteroatoms. The summed E-state index contributed by atoms with van der Waals surface area (Å²) in [6.45, 7) is 0.966. The van der Waals surface area contributed by atoms with Gasteiger partial charge in [0.25, 0.3) is 0 Å². The second kappa shape index (κ2) is 6.31. The molecular weight excluding hydrogens is 244 g/mol. The molecule has 2 rings (SSSR count). The average molecular weight is 262 g/mol. The zero-order chi connectivity index (χ0) is 13.7. The smallest absolute Gasteiger partial charge is 0.164 e. The Hall–Kier alpha value is -1.92. The van der Waals surface area contributed by atoms with E-state index in [1.807, 2.05) is 31.3 Å². The van der Waals surface area contributed by atoms with Crippen molar-refractivity contribution >= 4 is 0 Å². The molecule has 1 unspecified atom stereocenters. The van der Waals surface area contributed by atoms with Gasteiger partial charge in [-0.1, -0.05) is 12.1 Å². The van der Waals surface area contributed by atoms with E-state index in [1.165, 1.54) is 0 Å². The second-order valence-electron chi connectivity index (χ2n) is 4.26. The lowest BCUT2D eigenvalue weighted by Gasteiger charge is -2.12. The van der Waals surface area contributed by atoms with Gasteiger partial charge in [-0.15, -0.1) is 0 Å². The minimum atomic E-state index is -0.584. The fourth-order valence-corrected chi connectivity index (χ4v) is 1.75. The van der Waals surface area contributed by atoms with Crippen molar-refractivity contribution in [3.8, 4) is 5.75 Å². The number of hydrogen-bond acceptors (Lipinski definition) is 5. The number of aryl methyl sites for hydroxylation is 1. The lowest BCUT2D eigenvalue weighted by atomic mass is 10.1. The Morgan fingerprint density at radius 1 is 1.47 bits per heavy atom. The number of nitrogens with one attached hydrogen (secondary N) is 1. The third-order valence-electron chi connectivity index (χ3n) is 2.75. The molecule has 0 aliphatic carbocycles. The van der Waals surface area contributed by atoms with Crippen LogP contribution in [0.3, 0.4) is 0 Å². The van der Waals surface area contributed by atoms with E-state index >= 15 is 0 Å². The molecule has 0 aliphatic rings. The number of ether oxygens (including phenoxy) is 1. The first-order chi connectivity index (χ1) is 9.19. The van der Waals surface area contributed by atoms with Crippen LogP contribution in [0.2, 0.25) is 0 Å². The van der Waals surface area contributed by atoms with E-state index in [9.17, 15) is 5.11 Å². The molecule has 2 N–H and O–H groups in total. The van der Waals surface area contributed by atoms with Crippen molar-refractivity contribution < 1.29 is 9.84 Å². The van der Waals surface area contributed by atoms with Gasteiger partial charge in [-0.2, -0.15) is 5.10 Å². The highest BCUT2D eigenvalue weighted by molar-refractivity contribution is 5.29. The summed E-state index contributed by atoms with van der Waals surface area (Å²) in [6.07, 6.45) is 1.06. The molecule has 0 saturated carbocycles. The molecule has 0 aliphatic heterocycles. The van der Waals surface area contributed by atoms with Crippen molar-refractivity contribution in [3.05, 3.63) is 42.0 Å². The van der Waals surface area contributed by atoms with Crippen LogP contribution in [0.4, 0.5) is 0 Å². The Balaban J connectivity index is 1.85. The molecule has 1 atom stereocenters. The Labute approximate surface area is 112 Å². The first-order valence-electron chi connectivity index (χ1n) is 6.06. The van der Waals surface area contributed by atoms with Gasteiger partial charge in [0.2, 0.25) is 0 Å². The van der Waals surface area contributed by atoms with Crippen LogP contribution in [0.5, 0.6) is 5.75 Å². The third kappa shape index (κ3) is 3.77. The van der Waals surface area contributed by atoms with Gasteiger partial charge in [-0.25, -0.2) is 4.98 Å². The summed E-state index contributed by atoms with van der Waals surface area (Å²) in [5, 5.41) is 17.3. The van der Waals surface area contributed by atoms with Gasteiger partial charge in [-0.05, 0) is 17.7 Å². The number of nitrogens with zero attached hydrogens (tertiary/aromatic N) is 3. The highest BCUT2D eigenvalue weighted by atomic mass is 16.5. The van der Waals surface area contributed by atoms with Crippen molar-refractivity contribution in [1.82, 2.24) is 20.1 Å². The molecule has 1 heterocycles. The number of benzene rings is 1. The number of aliphatic hydroxyl groups is 1. The largest absolute Gasteiger partial charge is 0.497 e. The van der Waals surface area contributed by atoms with Crippen LogP contribution < -0.4 is 10.1 Å². The van der Waals surface area contributed by atoms with Gasteiger partial charge in [0, 0.05) is 13.6 Å². The van der Waals surface area contributed by atoms with Crippen LogP contribution in [-0.2, 0) is 13.6 Å². The van der Waals surface area contributed by atoms with Crippen molar-refractivity contribution in [1.29, 1.82) is 0 Å². The van der Waals surface area contributed by atoms with Gasteiger partial charge in [0.15, 0.2) is 5.82 Å². The van der Waals surface area contributed by atoms with Gasteiger partial charge < -0.3 is 15.2 Å². The molecule has 1 aromatic heterocycles. The van der Waals surface area contributed by atoms with Gasteiger partial charge in [-0.3, -0.25) is 4.68 Å². The number of hydrogen-bond donors (Lipinski definition) is 2. The maximum absolute atomic E-state index is 10.1. The van der Waals surface area contributed by atoms with Crippen LogP contribution in [0.15, 0.2) is 30.6 Å². The molecule has 6 nitrogen and oxygen atoms in total. The molecule has 0 fully saturated rings. The first kappa shape index (κ1) is 13.5. The monoisotopic (exact) mass is 262 g/mol. The molecule has 19 heavy (non-hydrogen) atoms. The van der Waals surface area contributed by atoms with E-state index in [1.54, 1.807) is 18.1 Å². The number of aromatic nitrogens is 3. The van der Waals surface area contributed by atoms with Crippen LogP contribution in [0, 0.1) is 0 Å². The van der Waals surface area contributed by atoms with Crippen LogP contribution in [0.25, 0.3) is 0 Å². The molecule has 0 bridgehead atoms. The SMILES string of the molecule is COc1cccc(C(O)CNCc2ncn(C)n2)c1. The number of aliphatic hydroxyl groups excluding tert-OH is 1. The average Bonchev–Trinajstić information content (AvgIpc) is 2.84. The van der Waals surface area contributed by atoms with Crippen molar-refractivity contribution in [3.63, 3.8) is 0 Å². The first-order valence-corrected chi connectivity index (χ1v) is 6.06. The van der Waals surface area contributed by atoms with E-state index in [0.29, 0.717) is 18.9 Å². The van der Waals surface area contributed by atoms with Crippen LogP contribution in [0.1, 0.15) is 17.5 Å². The van der Waals surface area contributed by atoms with Gasteiger partial charge in [0.05, 0.1) is 19.8 Å². The normalized spacial score (nSPS) is 12.4. The molecule has 0 saturated heterocycles. The lowest BCUT2D eigenvalue weighted by molar-refractivity contribution is 0.173. The van der Waals surface area contributed by atoms with Gasteiger partial charge >= 0.3 is 0 Å². The van der Waals surface area contributed by atoms with E-state index in [0.717, 1.165) is 11.3 Å². The lowest BCUT2D eigenvalue weighted by Crippen LogP contribution is -2.21. The predicted octanol–water partition coefficient (Wildman–Crippen LogP) is 0.647. The molecule has 1 aromatic carbocycles. The fraction of sp³-hybridized carbons (Fsp3) is 0.385. The molecule has 102 valence electrons. The highest BCUT2D eigenvalue weighted by Crippen LogP contribution is 2.18. The quantitative estimate of drug-likeness (QED) is 0.799. The summed E-state index contributed by atoms with van der Waals surface area (Å²) >= 11 is 0. The Morgan fingerprint density at radius 3 is 3.00 bits per heavy atom. The summed E-state index contributed by atoms with van der Waals surface area (Å²) in [7, 11) is 3.43. The van der Waals surface area contributed by atoms with Gasteiger partial charge in [0.1, 0.15) is 12.1 Å². The zero-order valence-corrected chi connectivity index (χ0v) is 11.1. The zero-order valence-electron chi connectivity index (χ0n) is 11.1. The van der Waals surface area contributed by atoms with E-state index < -0.39 is 6.10 Å². The molecule has 2 aromatic rings. The maximum Gasteiger partial charge on any atom is 0.164 e. The summed E-state index contributed by atoms with van der Waals surface area (Å²) < 4.78 is 6.78. The van der Waals surface area contributed by atoms with E-state index in [2.05, 4.69) is 15.4 Å². The predicted molar refractivity (Wildman–Crippen MR) is 70.7 cm³/mol. The molecular formula is C13H18N4O2. The topological polar surface area (TPSA) is 72.2 Å². The fourth-order valence-electron chi connectivity index (χ4n) is 1.75. The van der Waals surface area contributed by atoms with Crippen LogP contribution in [-0.4, -0.2) is 33.5 Å². The minimum absolute atomic E-state index is 0.436. The van der Waals surface area contributed by atoms with Crippen LogP contribution >= 0.6 is 0 Å². The molecule has 0 spiro atoms.